The first-order valence-electron chi connectivity index (χ1n) is 7.31. The number of rotatable bonds is 5. The van der Waals surface area contributed by atoms with E-state index in [1.807, 2.05) is 0 Å². The average Bonchev–Trinajstić information content (AvgIpc) is 3.02. The summed E-state index contributed by atoms with van der Waals surface area (Å²) >= 11 is 1.52. The number of carbonyl (C=O) groups is 1. The highest BCUT2D eigenvalue weighted by Gasteiger charge is 2.23. The molecular formula is C16H14F2N2O3S. The van der Waals surface area contributed by atoms with E-state index in [1.54, 1.807) is 0 Å². The quantitative estimate of drug-likeness (QED) is 0.893. The second kappa shape index (κ2) is 6.72. The first kappa shape index (κ1) is 16.6. The van der Waals surface area contributed by atoms with Gasteiger partial charge in [0.1, 0.15) is 12.4 Å². The second-order valence-electron chi connectivity index (χ2n) is 5.44. The van der Waals surface area contributed by atoms with Crippen LogP contribution in [0.4, 0.5) is 8.78 Å². The number of aliphatic carboxylic acids is 1. The summed E-state index contributed by atoms with van der Waals surface area (Å²) < 4.78 is 28.5. The largest absolute Gasteiger partial charge is 0.480 e. The van der Waals surface area contributed by atoms with Crippen LogP contribution in [0.15, 0.2) is 23.0 Å². The number of thioether (sulfide) groups is 1. The van der Waals surface area contributed by atoms with Crippen molar-refractivity contribution in [1.29, 1.82) is 0 Å². The highest BCUT2D eigenvalue weighted by Crippen LogP contribution is 2.28. The third-order valence-corrected chi connectivity index (χ3v) is 4.87. The molecule has 8 heteroatoms. The molecule has 2 aromatic rings. The van der Waals surface area contributed by atoms with Crippen LogP contribution in [0.25, 0.3) is 0 Å². The Labute approximate surface area is 140 Å². The lowest BCUT2D eigenvalue weighted by Crippen LogP contribution is -2.26. The number of aromatic nitrogens is 2. The summed E-state index contributed by atoms with van der Waals surface area (Å²) in [5.41, 5.74) is 0.992. The second-order valence-corrected chi connectivity index (χ2v) is 6.43. The van der Waals surface area contributed by atoms with Crippen molar-refractivity contribution in [2.75, 3.05) is 0 Å². The van der Waals surface area contributed by atoms with E-state index in [0.717, 1.165) is 6.07 Å². The summed E-state index contributed by atoms with van der Waals surface area (Å²) in [6.07, 6.45) is 0.280. The monoisotopic (exact) mass is 352 g/mol. The highest BCUT2D eigenvalue weighted by atomic mass is 32.2. The van der Waals surface area contributed by atoms with Gasteiger partial charge in [0.2, 0.25) is 0 Å². The predicted octanol–water partition coefficient (Wildman–Crippen LogP) is 2.14. The maximum Gasteiger partial charge on any atom is 0.323 e. The van der Waals surface area contributed by atoms with Crippen LogP contribution in [0.3, 0.4) is 0 Å². The van der Waals surface area contributed by atoms with Gasteiger partial charge < -0.3 is 9.67 Å². The third-order valence-electron chi connectivity index (χ3n) is 3.90. The van der Waals surface area contributed by atoms with Crippen LogP contribution in [0.1, 0.15) is 22.6 Å². The van der Waals surface area contributed by atoms with Gasteiger partial charge in [-0.15, -0.1) is 0 Å². The molecule has 126 valence electrons. The van der Waals surface area contributed by atoms with E-state index in [1.165, 1.54) is 28.5 Å². The van der Waals surface area contributed by atoms with E-state index in [4.69, 9.17) is 5.11 Å². The number of nitrogens with zero attached hydrogens (tertiary/aromatic N) is 2. The number of carboxylic acid groups (broad SMARTS) is 1. The van der Waals surface area contributed by atoms with Crippen molar-refractivity contribution in [3.63, 3.8) is 0 Å². The Hall–Kier alpha value is -2.22. The lowest BCUT2D eigenvalue weighted by molar-refractivity contribution is -0.137. The molecule has 3 rings (SSSR count). The molecule has 0 fully saturated rings. The van der Waals surface area contributed by atoms with Gasteiger partial charge >= 0.3 is 5.97 Å². The fraction of sp³-hybridized carbons (Fsp3) is 0.312. The first-order chi connectivity index (χ1) is 11.5. The summed E-state index contributed by atoms with van der Waals surface area (Å²) in [4.78, 5) is 27.2. The minimum Gasteiger partial charge on any atom is -0.480 e. The minimum absolute atomic E-state index is 0.127. The molecule has 0 aliphatic carbocycles. The molecule has 24 heavy (non-hydrogen) atoms. The molecule has 0 saturated heterocycles. The highest BCUT2D eigenvalue weighted by molar-refractivity contribution is 7.98. The van der Waals surface area contributed by atoms with Crippen LogP contribution in [0.2, 0.25) is 0 Å². The Balaban J connectivity index is 1.95. The topological polar surface area (TPSA) is 72.2 Å². The van der Waals surface area contributed by atoms with Gasteiger partial charge in [-0.3, -0.25) is 9.59 Å². The van der Waals surface area contributed by atoms with Crippen molar-refractivity contribution < 1.29 is 18.7 Å². The smallest absolute Gasteiger partial charge is 0.323 e. The van der Waals surface area contributed by atoms with Crippen LogP contribution in [0, 0.1) is 11.6 Å². The summed E-state index contributed by atoms with van der Waals surface area (Å²) in [6.45, 7) is -0.308. The summed E-state index contributed by atoms with van der Waals surface area (Å²) in [5, 5.41) is 9.11. The van der Waals surface area contributed by atoms with E-state index < -0.39 is 17.6 Å². The van der Waals surface area contributed by atoms with E-state index >= 15 is 0 Å². The Morgan fingerprint density at radius 3 is 2.83 bits per heavy atom. The third kappa shape index (κ3) is 3.19. The van der Waals surface area contributed by atoms with Gasteiger partial charge in [0.25, 0.3) is 5.56 Å². The van der Waals surface area contributed by atoms with Gasteiger partial charge in [-0.2, -0.15) is 16.7 Å². The molecule has 1 aromatic heterocycles. The summed E-state index contributed by atoms with van der Waals surface area (Å²) in [5.74, 6) is -1.57. The van der Waals surface area contributed by atoms with Crippen LogP contribution < -0.4 is 5.56 Å². The SMILES string of the molecule is O=C(O)Cn1c(CCc2cccc(F)c2F)nc(=O)c2c1CSC2. The van der Waals surface area contributed by atoms with Gasteiger partial charge in [-0.05, 0) is 18.1 Å². The molecule has 1 N–H and O–H groups in total. The van der Waals surface area contributed by atoms with Crippen molar-refractivity contribution >= 4 is 17.7 Å². The normalized spacial score (nSPS) is 13.1. The van der Waals surface area contributed by atoms with Crippen LogP contribution >= 0.6 is 11.8 Å². The van der Waals surface area contributed by atoms with Crippen LogP contribution in [-0.4, -0.2) is 20.6 Å². The van der Waals surface area contributed by atoms with E-state index in [0.29, 0.717) is 22.8 Å². The number of fused-ring (bicyclic) bond motifs is 1. The Morgan fingerprint density at radius 1 is 1.29 bits per heavy atom. The van der Waals surface area contributed by atoms with Gasteiger partial charge in [0.05, 0.1) is 0 Å². The van der Waals surface area contributed by atoms with E-state index in [2.05, 4.69) is 4.98 Å². The lowest BCUT2D eigenvalue weighted by atomic mass is 10.1. The number of hydrogen-bond donors (Lipinski definition) is 1. The Morgan fingerprint density at radius 2 is 2.08 bits per heavy atom. The molecule has 0 amide bonds. The molecule has 0 bridgehead atoms. The number of aryl methyl sites for hydroxylation is 2. The van der Waals surface area contributed by atoms with Crippen LogP contribution in [-0.2, 0) is 35.7 Å². The molecule has 1 aliphatic heterocycles. The van der Waals surface area contributed by atoms with Gasteiger partial charge in [0, 0.05) is 29.2 Å². The molecule has 5 nitrogen and oxygen atoms in total. The summed E-state index contributed by atoms with van der Waals surface area (Å²) in [6, 6.07) is 3.90. The van der Waals surface area contributed by atoms with Crippen molar-refractivity contribution in [2.45, 2.75) is 30.9 Å². The fourth-order valence-electron chi connectivity index (χ4n) is 2.75. The molecule has 0 spiro atoms. The maximum atomic E-state index is 13.8. The molecule has 2 heterocycles. The van der Waals surface area contributed by atoms with Gasteiger partial charge in [0.15, 0.2) is 11.6 Å². The Kier molecular flexibility index (Phi) is 4.66. The zero-order chi connectivity index (χ0) is 17.3. The standard InChI is InChI=1S/C16H14F2N2O3S/c17-11-3-1-2-9(15(11)18)4-5-13-19-16(23)10-7-24-8-12(10)20(13)6-14(21)22/h1-3H,4-8H2,(H,21,22). The summed E-state index contributed by atoms with van der Waals surface area (Å²) in [7, 11) is 0. The predicted molar refractivity (Wildman–Crippen MR) is 84.9 cm³/mol. The molecule has 0 radical (unpaired) electrons. The van der Waals surface area contributed by atoms with Gasteiger partial charge in [-0.25, -0.2) is 8.78 Å². The number of hydrogen-bond acceptors (Lipinski definition) is 4. The number of carboxylic acids is 1. The Bertz CT molecular complexity index is 867. The average molecular weight is 352 g/mol. The lowest BCUT2D eigenvalue weighted by Gasteiger charge is -2.15. The van der Waals surface area contributed by atoms with Crippen LogP contribution in [0.5, 0.6) is 0 Å². The molecule has 1 aromatic carbocycles. The zero-order valence-corrected chi connectivity index (χ0v) is 13.4. The minimum atomic E-state index is -1.04. The molecule has 0 saturated carbocycles. The maximum absolute atomic E-state index is 13.8. The molecular weight excluding hydrogens is 338 g/mol. The van der Waals surface area contributed by atoms with Crippen molar-refractivity contribution in [3.05, 3.63) is 62.8 Å². The fourth-order valence-corrected chi connectivity index (χ4v) is 3.87. The van der Waals surface area contributed by atoms with Crippen molar-refractivity contribution in [1.82, 2.24) is 9.55 Å². The van der Waals surface area contributed by atoms with Crippen molar-refractivity contribution in [2.24, 2.45) is 0 Å². The van der Waals surface area contributed by atoms with E-state index in [9.17, 15) is 18.4 Å². The zero-order valence-electron chi connectivity index (χ0n) is 12.6. The number of halogens is 2. The van der Waals surface area contributed by atoms with E-state index in [-0.39, 0.29) is 36.3 Å². The molecule has 0 unspecified atom stereocenters. The molecule has 0 atom stereocenters. The molecule has 1 aliphatic rings. The number of benzene rings is 1. The van der Waals surface area contributed by atoms with Gasteiger partial charge in [-0.1, -0.05) is 12.1 Å². The first-order valence-corrected chi connectivity index (χ1v) is 8.46. The van der Waals surface area contributed by atoms with Crippen molar-refractivity contribution in [3.8, 4) is 0 Å².